The van der Waals surface area contributed by atoms with E-state index in [1.807, 2.05) is 49.5 Å². The topological polar surface area (TPSA) is 121 Å². The average Bonchev–Trinajstić information content (AvgIpc) is 3.53. The van der Waals surface area contributed by atoms with Crippen molar-refractivity contribution in [3.8, 4) is 11.3 Å². The van der Waals surface area contributed by atoms with Crippen molar-refractivity contribution in [2.75, 3.05) is 16.0 Å². The van der Waals surface area contributed by atoms with Crippen LogP contribution in [0.3, 0.4) is 0 Å². The number of alkyl halides is 2. The Hall–Kier alpha value is -5.45. The summed E-state index contributed by atoms with van der Waals surface area (Å²) >= 11 is 0. The SMILES string of the molecule is Cc1cc(Nc2nccc3c(Nc4ncccc4-c4ncnc5[nH]ccc45)c(C)ccc23)cc2c1NC(=O)C2(F)F. The molecule has 0 fully saturated rings. The molecule has 5 heterocycles. The second-order valence-corrected chi connectivity index (χ2v) is 9.87. The molecule has 41 heavy (non-hydrogen) atoms. The summed E-state index contributed by atoms with van der Waals surface area (Å²) in [4.78, 5) is 32.9. The molecule has 0 radical (unpaired) electrons. The number of hydrogen-bond acceptors (Lipinski definition) is 7. The summed E-state index contributed by atoms with van der Waals surface area (Å²) in [6.07, 6.45) is 6.70. The quantitative estimate of drug-likeness (QED) is 0.189. The molecule has 11 heteroatoms. The Morgan fingerprint density at radius 2 is 1.68 bits per heavy atom. The number of fused-ring (bicyclic) bond motifs is 3. The minimum absolute atomic E-state index is 0.144. The van der Waals surface area contributed by atoms with Crippen LogP contribution < -0.4 is 16.0 Å². The number of hydrogen-bond donors (Lipinski definition) is 4. The molecule has 4 aromatic heterocycles. The third-order valence-electron chi connectivity index (χ3n) is 7.27. The molecule has 0 atom stereocenters. The van der Waals surface area contributed by atoms with Gasteiger partial charge in [0.1, 0.15) is 23.6 Å². The number of halogens is 2. The Kier molecular flexibility index (Phi) is 5.43. The molecule has 2 aromatic carbocycles. The van der Waals surface area contributed by atoms with Crippen LogP contribution in [0.5, 0.6) is 0 Å². The predicted molar refractivity (Wildman–Crippen MR) is 154 cm³/mol. The number of carbonyl (C=O) groups excluding carboxylic acids is 1. The minimum atomic E-state index is -3.60. The number of aromatic amines is 1. The lowest BCUT2D eigenvalue weighted by Crippen LogP contribution is -2.23. The summed E-state index contributed by atoms with van der Waals surface area (Å²) in [7, 11) is 0. The van der Waals surface area contributed by atoms with Crippen molar-refractivity contribution in [3.05, 3.63) is 90.1 Å². The Balaban J connectivity index is 1.30. The molecule has 0 saturated heterocycles. The van der Waals surface area contributed by atoms with Gasteiger partial charge in [0.15, 0.2) is 0 Å². The average molecular weight is 549 g/mol. The highest BCUT2D eigenvalue weighted by atomic mass is 19.3. The number of pyridine rings is 2. The van der Waals surface area contributed by atoms with E-state index in [-0.39, 0.29) is 11.3 Å². The Morgan fingerprint density at radius 1 is 0.829 bits per heavy atom. The first-order valence-corrected chi connectivity index (χ1v) is 12.8. The number of H-pyrrole nitrogens is 1. The van der Waals surface area contributed by atoms with E-state index >= 15 is 0 Å². The molecule has 202 valence electrons. The number of rotatable bonds is 5. The second kappa shape index (κ2) is 9.05. The highest BCUT2D eigenvalue weighted by Crippen LogP contribution is 2.44. The molecule has 0 aliphatic carbocycles. The molecule has 7 rings (SSSR count). The number of aryl methyl sites for hydroxylation is 2. The van der Waals surface area contributed by atoms with Gasteiger partial charge in [-0.15, -0.1) is 0 Å². The molecule has 0 bridgehead atoms. The van der Waals surface area contributed by atoms with E-state index in [0.717, 1.165) is 44.3 Å². The number of nitrogens with one attached hydrogen (secondary N) is 4. The first kappa shape index (κ1) is 24.6. The van der Waals surface area contributed by atoms with Gasteiger partial charge in [0.2, 0.25) is 0 Å². The van der Waals surface area contributed by atoms with Gasteiger partial charge in [0, 0.05) is 46.0 Å². The number of nitrogens with zero attached hydrogens (tertiary/aromatic N) is 4. The van der Waals surface area contributed by atoms with Gasteiger partial charge < -0.3 is 20.9 Å². The summed E-state index contributed by atoms with van der Waals surface area (Å²) in [6, 6.07) is 14.5. The molecule has 0 saturated carbocycles. The number of amides is 1. The largest absolute Gasteiger partial charge is 0.352 e. The number of benzene rings is 2. The summed E-state index contributed by atoms with van der Waals surface area (Å²) < 4.78 is 29.1. The first-order valence-electron chi connectivity index (χ1n) is 12.8. The van der Waals surface area contributed by atoms with E-state index < -0.39 is 11.8 Å². The van der Waals surface area contributed by atoms with E-state index in [1.165, 1.54) is 12.4 Å². The fraction of sp³-hybridized carbons (Fsp3) is 0.100. The van der Waals surface area contributed by atoms with E-state index in [0.29, 0.717) is 22.9 Å². The Morgan fingerprint density at radius 3 is 2.56 bits per heavy atom. The molecule has 1 aliphatic heterocycles. The van der Waals surface area contributed by atoms with Crippen molar-refractivity contribution >= 4 is 56.4 Å². The van der Waals surface area contributed by atoms with Crippen molar-refractivity contribution in [3.63, 3.8) is 0 Å². The summed E-state index contributed by atoms with van der Waals surface area (Å²) in [5.74, 6) is -3.83. The van der Waals surface area contributed by atoms with Crippen molar-refractivity contribution in [2.45, 2.75) is 19.8 Å². The first-order chi connectivity index (χ1) is 19.8. The Bertz CT molecular complexity index is 2020. The van der Waals surface area contributed by atoms with Crippen LogP contribution in [-0.4, -0.2) is 30.8 Å². The van der Waals surface area contributed by atoms with Gasteiger partial charge in [-0.3, -0.25) is 4.79 Å². The normalized spacial score (nSPS) is 13.8. The van der Waals surface area contributed by atoms with E-state index in [9.17, 15) is 13.6 Å². The fourth-order valence-electron chi connectivity index (χ4n) is 5.25. The van der Waals surface area contributed by atoms with Crippen molar-refractivity contribution in [1.29, 1.82) is 0 Å². The highest BCUT2D eigenvalue weighted by Gasteiger charge is 2.49. The third-order valence-corrected chi connectivity index (χ3v) is 7.27. The maximum atomic E-state index is 14.5. The zero-order chi connectivity index (χ0) is 28.3. The van der Waals surface area contributed by atoms with Gasteiger partial charge in [-0.25, -0.2) is 19.9 Å². The third kappa shape index (κ3) is 3.93. The van der Waals surface area contributed by atoms with Crippen LogP contribution in [0.4, 0.5) is 37.5 Å². The molecule has 4 N–H and O–H groups in total. The molecule has 9 nitrogen and oxygen atoms in total. The standard InChI is InChI=1S/C30H22F2N8O/c1-15-5-6-19-18(7-10-35-27(19)38-17-12-16(2)24-22(13-17)30(31,32)29(41)40-24)23(15)39-28-20(4-3-9-33-28)25-21-8-11-34-26(21)37-14-36-25/h3-14H,1-2H3,(H,33,39)(H,35,38)(H,40,41)(H,34,36,37). The van der Waals surface area contributed by atoms with Crippen LogP contribution in [0, 0.1) is 13.8 Å². The smallest absolute Gasteiger partial charge is 0.346 e. The van der Waals surface area contributed by atoms with Gasteiger partial charge in [0.25, 0.3) is 5.91 Å². The lowest BCUT2D eigenvalue weighted by atomic mass is 10.0. The summed E-state index contributed by atoms with van der Waals surface area (Å²) in [6.45, 7) is 3.67. The number of carbonyl (C=O) groups is 1. The van der Waals surface area contributed by atoms with Crippen LogP contribution in [0.1, 0.15) is 16.7 Å². The predicted octanol–water partition coefficient (Wildman–Crippen LogP) is 6.72. The summed E-state index contributed by atoms with van der Waals surface area (Å²) in [5.41, 5.74) is 4.78. The maximum absolute atomic E-state index is 14.5. The van der Waals surface area contributed by atoms with Gasteiger partial charge >= 0.3 is 5.92 Å². The monoisotopic (exact) mass is 548 g/mol. The molecular weight excluding hydrogens is 526 g/mol. The highest BCUT2D eigenvalue weighted by molar-refractivity contribution is 6.06. The van der Waals surface area contributed by atoms with Crippen molar-refractivity contribution in [2.24, 2.45) is 0 Å². The summed E-state index contributed by atoms with van der Waals surface area (Å²) in [5, 5.41) is 11.5. The minimum Gasteiger partial charge on any atom is -0.346 e. The van der Waals surface area contributed by atoms with Gasteiger partial charge in [-0.2, -0.15) is 8.78 Å². The van der Waals surface area contributed by atoms with Crippen LogP contribution in [0.25, 0.3) is 33.1 Å². The van der Waals surface area contributed by atoms with E-state index in [2.05, 4.69) is 40.9 Å². The zero-order valence-electron chi connectivity index (χ0n) is 21.9. The van der Waals surface area contributed by atoms with Gasteiger partial charge in [0.05, 0.1) is 22.6 Å². The van der Waals surface area contributed by atoms with Gasteiger partial charge in [-0.1, -0.05) is 12.1 Å². The van der Waals surface area contributed by atoms with Crippen LogP contribution >= 0.6 is 0 Å². The molecule has 1 aliphatic rings. The molecule has 6 aromatic rings. The van der Waals surface area contributed by atoms with Gasteiger partial charge in [-0.05, 0) is 61.4 Å². The van der Waals surface area contributed by atoms with Crippen molar-refractivity contribution < 1.29 is 13.6 Å². The molecule has 1 amide bonds. The molecule has 0 spiro atoms. The fourth-order valence-corrected chi connectivity index (χ4v) is 5.25. The number of anilines is 5. The second-order valence-electron chi connectivity index (χ2n) is 9.87. The Labute approximate surface area is 232 Å². The zero-order valence-corrected chi connectivity index (χ0v) is 21.9. The number of aromatic nitrogens is 5. The van der Waals surface area contributed by atoms with Crippen molar-refractivity contribution in [1.82, 2.24) is 24.9 Å². The lowest BCUT2D eigenvalue weighted by molar-refractivity contribution is -0.139. The lowest BCUT2D eigenvalue weighted by Gasteiger charge is -2.17. The van der Waals surface area contributed by atoms with E-state index in [4.69, 9.17) is 0 Å². The van der Waals surface area contributed by atoms with Crippen LogP contribution in [0.15, 0.2) is 73.4 Å². The molecule has 0 unspecified atom stereocenters. The van der Waals surface area contributed by atoms with Crippen LogP contribution in [-0.2, 0) is 10.7 Å². The van der Waals surface area contributed by atoms with E-state index in [1.54, 1.807) is 25.4 Å². The maximum Gasteiger partial charge on any atom is 0.352 e. The molecular formula is C30H22F2N8O. The van der Waals surface area contributed by atoms with Crippen LogP contribution in [0.2, 0.25) is 0 Å².